The van der Waals surface area contributed by atoms with Crippen LogP contribution >= 0.6 is 0 Å². The number of rotatable bonds is 6. The number of imide groups is 1. The number of alkyl halides is 3. The molecule has 0 saturated carbocycles. The van der Waals surface area contributed by atoms with Crippen molar-refractivity contribution in [2.75, 3.05) is 13.1 Å². The molecule has 150 valence electrons. The molecule has 0 aliphatic carbocycles. The molecule has 3 rings (SSSR count). The number of urea groups is 1. The zero-order valence-electron chi connectivity index (χ0n) is 14.7. The highest BCUT2D eigenvalue weighted by Crippen LogP contribution is 2.29. The molecule has 1 aliphatic heterocycles. The van der Waals surface area contributed by atoms with Gasteiger partial charge in [-0.3, -0.25) is 14.5 Å². The SMILES string of the molecule is CC1(c2ccco2)NC(=O)N(CC(=O)N(Cc2ccco2)CC(F)(F)F)C1=O. The minimum Gasteiger partial charge on any atom is -0.467 e. The molecule has 8 nitrogen and oxygen atoms in total. The third-order valence-corrected chi connectivity index (χ3v) is 4.23. The Labute approximate surface area is 156 Å². The van der Waals surface area contributed by atoms with E-state index in [0.29, 0.717) is 9.80 Å². The fourth-order valence-electron chi connectivity index (χ4n) is 2.85. The van der Waals surface area contributed by atoms with Crippen molar-refractivity contribution in [1.29, 1.82) is 0 Å². The smallest absolute Gasteiger partial charge is 0.406 e. The first kappa shape index (κ1) is 19.5. The van der Waals surface area contributed by atoms with E-state index in [-0.39, 0.29) is 11.5 Å². The number of hydrogen-bond acceptors (Lipinski definition) is 5. The highest BCUT2D eigenvalue weighted by molar-refractivity contribution is 6.08. The fourth-order valence-corrected chi connectivity index (χ4v) is 2.85. The number of nitrogens with one attached hydrogen (secondary N) is 1. The minimum absolute atomic E-state index is 0.134. The molecule has 1 N–H and O–H groups in total. The van der Waals surface area contributed by atoms with Crippen LogP contribution in [0.1, 0.15) is 18.4 Å². The quantitative estimate of drug-likeness (QED) is 0.752. The Morgan fingerprint density at radius 2 is 1.89 bits per heavy atom. The van der Waals surface area contributed by atoms with Crippen molar-refractivity contribution in [3.8, 4) is 0 Å². The maximum absolute atomic E-state index is 12.9. The van der Waals surface area contributed by atoms with Crippen LogP contribution in [0.5, 0.6) is 0 Å². The van der Waals surface area contributed by atoms with Crippen molar-refractivity contribution in [3.05, 3.63) is 48.3 Å². The first-order chi connectivity index (χ1) is 13.1. The summed E-state index contributed by atoms with van der Waals surface area (Å²) in [4.78, 5) is 38.4. The summed E-state index contributed by atoms with van der Waals surface area (Å²) in [6, 6.07) is 4.97. The van der Waals surface area contributed by atoms with Crippen molar-refractivity contribution in [2.45, 2.75) is 25.2 Å². The monoisotopic (exact) mass is 399 g/mol. The standard InChI is InChI=1S/C17H16F3N3O5/c1-16(12-5-3-7-28-12)14(25)23(15(26)21-16)9-13(24)22(10-17(18,19)20)8-11-4-2-6-27-11/h2-7H,8-10H2,1H3,(H,21,26). The van der Waals surface area contributed by atoms with E-state index in [9.17, 15) is 27.6 Å². The third kappa shape index (κ3) is 3.87. The van der Waals surface area contributed by atoms with E-state index in [1.54, 1.807) is 0 Å². The largest absolute Gasteiger partial charge is 0.467 e. The van der Waals surface area contributed by atoms with E-state index in [1.807, 2.05) is 0 Å². The van der Waals surface area contributed by atoms with Crippen LogP contribution in [0.25, 0.3) is 0 Å². The van der Waals surface area contributed by atoms with Gasteiger partial charge in [0, 0.05) is 0 Å². The van der Waals surface area contributed by atoms with Crippen LogP contribution in [0.15, 0.2) is 45.6 Å². The first-order valence-corrected chi connectivity index (χ1v) is 8.15. The average Bonchev–Trinajstić information content (AvgIpc) is 3.33. The number of nitrogens with zero attached hydrogens (tertiary/aromatic N) is 2. The van der Waals surface area contributed by atoms with Crippen molar-refractivity contribution in [1.82, 2.24) is 15.1 Å². The highest BCUT2D eigenvalue weighted by Gasteiger charge is 2.51. The van der Waals surface area contributed by atoms with Gasteiger partial charge >= 0.3 is 12.2 Å². The molecule has 0 aromatic carbocycles. The number of amides is 4. The van der Waals surface area contributed by atoms with Crippen LogP contribution in [-0.2, 0) is 21.7 Å². The van der Waals surface area contributed by atoms with Crippen molar-refractivity contribution >= 4 is 17.8 Å². The Hall–Kier alpha value is -3.24. The molecule has 1 atom stereocenters. The minimum atomic E-state index is -4.66. The molecule has 4 amide bonds. The summed E-state index contributed by atoms with van der Waals surface area (Å²) in [6.45, 7) is -1.47. The molecule has 1 aliphatic rings. The lowest BCUT2D eigenvalue weighted by Gasteiger charge is -2.25. The summed E-state index contributed by atoms with van der Waals surface area (Å²) in [5.41, 5.74) is -1.54. The molecule has 2 aromatic rings. The number of carbonyl (C=O) groups is 3. The summed E-state index contributed by atoms with van der Waals surface area (Å²) >= 11 is 0. The molecule has 28 heavy (non-hydrogen) atoms. The van der Waals surface area contributed by atoms with Crippen molar-refractivity contribution in [3.63, 3.8) is 0 Å². The van der Waals surface area contributed by atoms with Gasteiger partial charge in [-0.15, -0.1) is 0 Å². The molecule has 0 radical (unpaired) electrons. The van der Waals surface area contributed by atoms with E-state index in [4.69, 9.17) is 8.83 Å². The van der Waals surface area contributed by atoms with Gasteiger partial charge in [0.25, 0.3) is 5.91 Å². The Balaban J connectivity index is 1.77. The summed E-state index contributed by atoms with van der Waals surface area (Å²) in [5, 5.41) is 2.40. The lowest BCUT2D eigenvalue weighted by Crippen LogP contribution is -2.46. The Morgan fingerprint density at radius 3 is 2.46 bits per heavy atom. The van der Waals surface area contributed by atoms with E-state index < -0.39 is 49.2 Å². The zero-order chi connectivity index (χ0) is 20.5. The van der Waals surface area contributed by atoms with Gasteiger partial charge in [-0.05, 0) is 31.2 Å². The summed E-state index contributed by atoms with van der Waals surface area (Å²) in [5.74, 6) is -1.58. The fraction of sp³-hybridized carbons (Fsp3) is 0.353. The van der Waals surface area contributed by atoms with Crippen molar-refractivity contribution < 1.29 is 36.4 Å². The third-order valence-electron chi connectivity index (χ3n) is 4.23. The summed E-state index contributed by atoms with van der Waals surface area (Å²) < 4.78 is 48.8. The van der Waals surface area contributed by atoms with Crippen LogP contribution in [-0.4, -0.2) is 46.9 Å². The van der Waals surface area contributed by atoms with Gasteiger partial charge in [0.05, 0.1) is 19.1 Å². The lowest BCUT2D eigenvalue weighted by atomic mass is 9.99. The number of furan rings is 2. The molecule has 1 unspecified atom stereocenters. The normalized spacial score (nSPS) is 19.8. The molecular formula is C17H16F3N3O5. The predicted octanol–water partition coefficient (Wildman–Crippen LogP) is 2.23. The van der Waals surface area contributed by atoms with E-state index in [2.05, 4.69) is 5.32 Å². The van der Waals surface area contributed by atoms with Crippen LogP contribution in [0, 0.1) is 0 Å². The molecule has 3 heterocycles. The maximum atomic E-state index is 12.9. The second kappa shape index (κ2) is 7.06. The first-order valence-electron chi connectivity index (χ1n) is 8.15. The molecule has 0 bridgehead atoms. The van der Waals surface area contributed by atoms with Crippen LogP contribution < -0.4 is 5.32 Å². The molecular weight excluding hydrogens is 383 g/mol. The molecule has 0 spiro atoms. The second-order valence-electron chi connectivity index (χ2n) is 6.37. The van der Waals surface area contributed by atoms with Crippen molar-refractivity contribution in [2.24, 2.45) is 0 Å². The van der Waals surface area contributed by atoms with Gasteiger partial charge in [-0.2, -0.15) is 13.2 Å². The highest BCUT2D eigenvalue weighted by atomic mass is 19.4. The number of carbonyl (C=O) groups excluding carboxylic acids is 3. The zero-order valence-corrected chi connectivity index (χ0v) is 14.7. The Morgan fingerprint density at radius 1 is 1.21 bits per heavy atom. The lowest BCUT2D eigenvalue weighted by molar-refractivity contribution is -0.163. The van der Waals surface area contributed by atoms with Gasteiger partial charge in [-0.25, -0.2) is 4.79 Å². The Kier molecular flexibility index (Phi) is 4.92. The van der Waals surface area contributed by atoms with Gasteiger partial charge in [0.2, 0.25) is 5.91 Å². The van der Waals surface area contributed by atoms with Gasteiger partial charge < -0.3 is 19.1 Å². The molecule has 2 aromatic heterocycles. The number of hydrogen-bond donors (Lipinski definition) is 1. The van der Waals surface area contributed by atoms with Gasteiger partial charge in [0.1, 0.15) is 24.6 Å². The van der Waals surface area contributed by atoms with E-state index in [1.165, 1.54) is 43.7 Å². The van der Waals surface area contributed by atoms with E-state index >= 15 is 0 Å². The van der Waals surface area contributed by atoms with Crippen LogP contribution in [0.3, 0.4) is 0 Å². The van der Waals surface area contributed by atoms with E-state index in [0.717, 1.165) is 0 Å². The molecule has 1 fully saturated rings. The molecule has 1 saturated heterocycles. The average molecular weight is 399 g/mol. The maximum Gasteiger partial charge on any atom is 0.406 e. The van der Waals surface area contributed by atoms with Gasteiger partial charge in [-0.1, -0.05) is 0 Å². The van der Waals surface area contributed by atoms with Crippen LogP contribution in [0.4, 0.5) is 18.0 Å². The topological polar surface area (TPSA) is 96.0 Å². The predicted molar refractivity (Wildman–Crippen MR) is 86.5 cm³/mol. The summed E-state index contributed by atoms with van der Waals surface area (Å²) in [6.07, 6.45) is -2.09. The second-order valence-corrected chi connectivity index (χ2v) is 6.37. The Bertz CT molecular complexity index is 863. The van der Waals surface area contributed by atoms with Crippen LogP contribution in [0.2, 0.25) is 0 Å². The molecule has 11 heteroatoms. The summed E-state index contributed by atoms with van der Waals surface area (Å²) in [7, 11) is 0. The number of halogens is 3. The van der Waals surface area contributed by atoms with Gasteiger partial charge in [0.15, 0.2) is 5.54 Å².